The number of rotatable bonds is 6. The predicted molar refractivity (Wildman–Crippen MR) is 149 cm³/mol. The van der Waals surface area contributed by atoms with Gasteiger partial charge in [-0.25, -0.2) is 9.79 Å². The van der Waals surface area contributed by atoms with E-state index in [-0.39, 0.29) is 17.5 Å². The molecule has 1 N–H and O–H groups in total. The van der Waals surface area contributed by atoms with E-state index in [1.54, 1.807) is 30.3 Å². The minimum absolute atomic E-state index is 0.154. The third kappa shape index (κ3) is 6.03. The van der Waals surface area contributed by atoms with E-state index in [1.807, 2.05) is 24.3 Å². The molecule has 0 saturated carbocycles. The van der Waals surface area contributed by atoms with Gasteiger partial charge >= 0.3 is 5.97 Å². The second-order valence-electron chi connectivity index (χ2n) is 7.69. The van der Waals surface area contributed by atoms with Crippen LogP contribution in [0.3, 0.4) is 0 Å². The van der Waals surface area contributed by atoms with Gasteiger partial charge in [0.1, 0.15) is 12.4 Å². The molecule has 34 heavy (non-hydrogen) atoms. The Balaban J connectivity index is 1.52. The first-order valence-electron chi connectivity index (χ1n) is 10.4. The van der Waals surface area contributed by atoms with Crippen molar-refractivity contribution in [3.05, 3.63) is 95.8 Å². The van der Waals surface area contributed by atoms with Crippen molar-refractivity contribution in [3.63, 3.8) is 0 Å². The summed E-state index contributed by atoms with van der Waals surface area (Å²) < 4.78 is 13.3. The fourth-order valence-corrected chi connectivity index (χ4v) is 5.48. The van der Waals surface area contributed by atoms with Crippen LogP contribution in [0.5, 0.6) is 5.75 Å². The fraction of sp³-hybridized carbons (Fsp3) is 0.115. The maximum absolute atomic E-state index is 12.4. The molecule has 0 aromatic heterocycles. The number of nitrogens with zero attached hydrogens (tertiary/aromatic N) is 1. The summed E-state index contributed by atoms with van der Waals surface area (Å²) >= 11 is 4.47. The van der Waals surface area contributed by atoms with Gasteiger partial charge in [0.05, 0.1) is 7.14 Å². The summed E-state index contributed by atoms with van der Waals surface area (Å²) in [4.78, 5) is 28.0. The lowest BCUT2D eigenvalue weighted by Crippen LogP contribution is -2.07. The Morgan fingerprint density at radius 3 is 2.44 bits per heavy atom. The van der Waals surface area contributed by atoms with Crippen LogP contribution < -0.4 is 10.1 Å². The smallest absolute Gasteiger partial charge is 0.363 e. The number of cyclic esters (lactones) is 1. The number of anilines is 1. The number of aryl methyl sites for hydroxylation is 1. The largest absolute Gasteiger partial charge is 0.487 e. The Bertz CT molecular complexity index is 1310. The zero-order valence-corrected chi connectivity index (χ0v) is 22.7. The van der Waals surface area contributed by atoms with E-state index >= 15 is 0 Å². The summed E-state index contributed by atoms with van der Waals surface area (Å²) in [5, 5.41) is 2.70. The molecule has 0 saturated heterocycles. The number of aliphatic imine (C=N–C) groups is 1. The molecule has 0 atom stereocenters. The SMILES string of the molecule is CC(=O)Nc1ccc(C2=N/C(=C\c3cc(I)c(OCc4cccc(C)c4)c(I)c3)C(=O)O2)cc1. The standard InChI is InChI=1S/C26H20I2N2O4/c1-15-4-3-5-17(10-15)14-33-24-21(27)11-18(12-22(24)28)13-23-26(32)34-25(30-23)19-6-8-20(9-7-19)29-16(2)31/h3-13H,14H2,1-2H3,(H,29,31)/b23-13-. The molecule has 3 aromatic rings. The molecule has 1 aliphatic rings. The van der Waals surface area contributed by atoms with Crippen LogP contribution in [0.25, 0.3) is 6.08 Å². The first kappa shape index (κ1) is 24.4. The van der Waals surface area contributed by atoms with Crippen molar-refractivity contribution >= 4 is 74.7 Å². The molecule has 0 unspecified atom stereocenters. The van der Waals surface area contributed by atoms with Gasteiger partial charge in [0.2, 0.25) is 11.8 Å². The topological polar surface area (TPSA) is 77.0 Å². The second kappa shape index (κ2) is 10.7. The average Bonchev–Trinajstić information content (AvgIpc) is 3.13. The van der Waals surface area contributed by atoms with Gasteiger partial charge in [-0.3, -0.25) is 4.79 Å². The van der Waals surface area contributed by atoms with Crippen LogP contribution in [-0.2, 0) is 20.9 Å². The van der Waals surface area contributed by atoms with Gasteiger partial charge in [0.15, 0.2) is 5.70 Å². The summed E-state index contributed by atoms with van der Waals surface area (Å²) in [5.41, 5.74) is 4.66. The highest BCUT2D eigenvalue weighted by molar-refractivity contribution is 14.1. The molecule has 0 aliphatic carbocycles. The van der Waals surface area contributed by atoms with E-state index in [4.69, 9.17) is 9.47 Å². The lowest BCUT2D eigenvalue weighted by atomic mass is 10.1. The molecule has 1 amide bonds. The number of benzene rings is 3. The predicted octanol–water partition coefficient (Wildman–Crippen LogP) is 6.09. The summed E-state index contributed by atoms with van der Waals surface area (Å²) in [6.07, 6.45) is 1.70. The summed E-state index contributed by atoms with van der Waals surface area (Å²) in [7, 11) is 0. The van der Waals surface area contributed by atoms with Crippen LogP contribution in [0, 0.1) is 14.1 Å². The first-order valence-corrected chi connectivity index (χ1v) is 12.5. The van der Waals surface area contributed by atoms with Crippen LogP contribution in [0.1, 0.15) is 29.2 Å². The molecule has 1 aliphatic heterocycles. The maximum atomic E-state index is 12.4. The first-order chi connectivity index (χ1) is 16.3. The van der Waals surface area contributed by atoms with Crippen molar-refractivity contribution in [3.8, 4) is 5.75 Å². The van der Waals surface area contributed by atoms with Crippen molar-refractivity contribution in [1.29, 1.82) is 0 Å². The van der Waals surface area contributed by atoms with Gasteiger partial charge in [-0.2, -0.15) is 0 Å². The molecular formula is C26H20I2N2O4. The van der Waals surface area contributed by atoms with Gasteiger partial charge in [-0.1, -0.05) is 29.8 Å². The monoisotopic (exact) mass is 678 g/mol. The quantitative estimate of drug-likeness (QED) is 0.195. The molecule has 0 fully saturated rings. The average molecular weight is 678 g/mol. The Morgan fingerprint density at radius 1 is 1.09 bits per heavy atom. The fourth-order valence-electron chi connectivity index (χ4n) is 3.35. The van der Waals surface area contributed by atoms with Crippen LogP contribution in [0.2, 0.25) is 0 Å². The molecule has 8 heteroatoms. The Hall–Kier alpha value is -2.73. The zero-order valence-electron chi connectivity index (χ0n) is 18.4. The molecule has 6 nitrogen and oxygen atoms in total. The zero-order chi connectivity index (χ0) is 24.2. The highest BCUT2D eigenvalue weighted by Crippen LogP contribution is 2.31. The third-order valence-electron chi connectivity index (χ3n) is 4.86. The van der Waals surface area contributed by atoms with Gasteiger partial charge in [-0.15, -0.1) is 0 Å². The lowest BCUT2D eigenvalue weighted by Gasteiger charge is -2.12. The number of hydrogen-bond donors (Lipinski definition) is 1. The highest BCUT2D eigenvalue weighted by atomic mass is 127. The highest BCUT2D eigenvalue weighted by Gasteiger charge is 2.24. The molecule has 0 radical (unpaired) electrons. The number of amides is 1. The van der Waals surface area contributed by atoms with Crippen molar-refractivity contribution in [2.75, 3.05) is 5.32 Å². The number of ether oxygens (including phenoxy) is 2. The van der Waals surface area contributed by atoms with Gasteiger partial charge in [0, 0.05) is 18.2 Å². The minimum atomic E-state index is -0.509. The van der Waals surface area contributed by atoms with Crippen LogP contribution in [-0.4, -0.2) is 17.8 Å². The number of hydrogen-bond acceptors (Lipinski definition) is 5. The molecule has 1 heterocycles. The van der Waals surface area contributed by atoms with E-state index < -0.39 is 5.97 Å². The van der Waals surface area contributed by atoms with Crippen molar-refractivity contribution in [2.45, 2.75) is 20.5 Å². The molecule has 0 bridgehead atoms. The van der Waals surface area contributed by atoms with E-state index in [2.05, 4.69) is 74.5 Å². The van der Waals surface area contributed by atoms with Gasteiger partial charge in [0.25, 0.3) is 0 Å². The number of carbonyl (C=O) groups is 2. The molecule has 3 aromatic carbocycles. The Labute approximate surface area is 224 Å². The Morgan fingerprint density at radius 2 is 1.79 bits per heavy atom. The van der Waals surface area contributed by atoms with Gasteiger partial charge < -0.3 is 14.8 Å². The second-order valence-corrected chi connectivity index (χ2v) is 10.0. The molecule has 172 valence electrons. The van der Waals surface area contributed by atoms with Gasteiger partial charge in [-0.05, 0) is 106 Å². The van der Waals surface area contributed by atoms with Crippen molar-refractivity contribution < 1.29 is 19.1 Å². The third-order valence-corrected chi connectivity index (χ3v) is 6.46. The van der Waals surface area contributed by atoms with Crippen molar-refractivity contribution in [2.24, 2.45) is 4.99 Å². The number of esters is 1. The van der Waals surface area contributed by atoms with E-state index in [1.165, 1.54) is 12.5 Å². The van der Waals surface area contributed by atoms with E-state index in [0.29, 0.717) is 17.9 Å². The van der Waals surface area contributed by atoms with Crippen LogP contribution >= 0.6 is 45.2 Å². The van der Waals surface area contributed by atoms with Crippen molar-refractivity contribution in [1.82, 2.24) is 0 Å². The molecular weight excluding hydrogens is 658 g/mol. The number of nitrogens with one attached hydrogen (secondary N) is 1. The Kier molecular flexibility index (Phi) is 7.67. The summed E-state index contributed by atoms with van der Waals surface area (Å²) in [5.74, 6) is 0.375. The van der Waals surface area contributed by atoms with E-state index in [9.17, 15) is 9.59 Å². The summed E-state index contributed by atoms with van der Waals surface area (Å²) in [6, 6.07) is 19.1. The van der Waals surface area contributed by atoms with E-state index in [0.717, 1.165) is 24.0 Å². The minimum Gasteiger partial charge on any atom is -0.487 e. The normalized spacial score (nSPS) is 14.1. The van der Waals surface area contributed by atoms with Crippen LogP contribution in [0.4, 0.5) is 5.69 Å². The summed E-state index contributed by atoms with van der Waals surface area (Å²) in [6.45, 7) is 3.98. The molecule has 0 spiro atoms. The molecule has 4 rings (SSSR count). The van der Waals surface area contributed by atoms with Crippen LogP contribution in [0.15, 0.2) is 71.4 Å². The maximum Gasteiger partial charge on any atom is 0.363 e. The lowest BCUT2D eigenvalue weighted by molar-refractivity contribution is -0.129. The number of carbonyl (C=O) groups excluding carboxylic acids is 2. The number of halogens is 2.